The van der Waals surface area contributed by atoms with Crippen molar-refractivity contribution in [2.45, 2.75) is 0 Å². The van der Waals surface area contributed by atoms with Gasteiger partial charge in [-0.3, -0.25) is 4.98 Å². The lowest BCUT2D eigenvalue weighted by atomic mass is 10.2. The molecule has 1 aromatic carbocycles. The average molecular weight is 352 g/mol. The van der Waals surface area contributed by atoms with Crippen molar-refractivity contribution in [2.24, 2.45) is 0 Å². The Morgan fingerprint density at radius 1 is 1.20 bits per heavy atom. The van der Waals surface area contributed by atoms with Crippen molar-refractivity contribution >= 4 is 33.2 Å². The molecule has 3 rings (SSSR count). The molecule has 20 heavy (non-hydrogen) atoms. The van der Waals surface area contributed by atoms with Crippen molar-refractivity contribution in [2.75, 3.05) is 5.73 Å². The molecular formula is C13H8BrClN4O. The molecule has 3 aromatic rings. The molecule has 0 atom stereocenters. The Bertz CT molecular complexity index is 757. The summed E-state index contributed by atoms with van der Waals surface area (Å²) in [7, 11) is 0. The van der Waals surface area contributed by atoms with E-state index < -0.39 is 0 Å². The SMILES string of the molecule is Nc1cc(-c2nc(-c3ccc(Cl)cn3)no2)ccc1Br. The van der Waals surface area contributed by atoms with Gasteiger partial charge in [-0.1, -0.05) is 16.8 Å². The lowest BCUT2D eigenvalue weighted by molar-refractivity contribution is 0.432. The number of nitrogen functional groups attached to an aromatic ring is 1. The molecule has 2 N–H and O–H groups in total. The Morgan fingerprint density at radius 2 is 2.05 bits per heavy atom. The molecule has 0 saturated heterocycles. The molecule has 0 aliphatic carbocycles. The van der Waals surface area contributed by atoms with E-state index in [4.69, 9.17) is 21.9 Å². The number of pyridine rings is 1. The zero-order valence-electron chi connectivity index (χ0n) is 10.0. The molecule has 0 amide bonds. The third-order valence-electron chi connectivity index (χ3n) is 2.63. The van der Waals surface area contributed by atoms with Gasteiger partial charge in [-0.15, -0.1) is 0 Å². The molecule has 5 nitrogen and oxygen atoms in total. The number of hydrogen-bond acceptors (Lipinski definition) is 5. The van der Waals surface area contributed by atoms with E-state index in [1.165, 1.54) is 6.20 Å². The quantitative estimate of drug-likeness (QED) is 0.711. The molecule has 2 heterocycles. The molecule has 100 valence electrons. The number of anilines is 1. The zero-order chi connectivity index (χ0) is 14.1. The first-order chi connectivity index (χ1) is 9.63. The number of aromatic nitrogens is 3. The van der Waals surface area contributed by atoms with E-state index in [2.05, 4.69) is 31.1 Å². The van der Waals surface area contributed by atoms with Crippen LogP contribution in [-0.2, 0) is 0 Å². The molecule has 0 aliphatic heterocycles. The number of hydrogen-bond donors (Lipinski definition) is 1. The van der Waals surface area contributed by atoms with E-state index in [0.717, 1.165) is 10.0 Å². The zero-order valence-corrected chi connectivity index (χ0v) is 12.4. The van der Waals surface area contributed by atoms with Crippen LogP contribution in [0.2, 0.25) is 5.02 Å². The summed E-state index contributed by atoms with van der Waals surface area (Å²) in [6, 6.07) is 8.88. The Labute approximate surface area is 127 Å². The van der Waals surface area contributed by atoms with Gasteiger partial charge in [-0.25, -0.2) is 0 Å². The van der Waals surface area contributed by atoms with Gasteiger partial charge in [0.05, 0.1) is 5.02 Å². The molecule has 0 aliphatic rings. The van der Waals surface area contributed by atoms with E-state index in [-0.39, 0.29) is 0 Å². The third kappa shape index (κ3) is 2.52. The maximum atomic E-state index is 5.83. The van der Waals surface area contributed by atoms with Gasteiger partial charge in [-0.2, -0.15) is 4.98 Å². The second kappa shape index (κ2) is 5.22. The fourth-order valence-electron chi connectivity index (χ4n) is 1.63. The van der Waals surface area contributed by atoms with Crippen LogP contribution in [0.3, 0.4) is 0 Å². The minimum Gasteiger partial charge on any atom is -0.398 e. The second-order valence-corrected chi connectivity index (χ2v) is 5.31. The summed E-state index contributed by atoms with van der Waals surface area (Å²) in [6.07, 6.45) is 1.53. The first kappa shape index (κ1) is 13.1. The summed E-state index contributed by atoms with van der Waals surface area (Å²) >= 11 is 9.12. The van der Waals surface area contributed by atoms with Gasteiger partial charge < -0.3 is 10.3 Å². The van der Waals surface area contributed by atoms with E-state index in [9.17, 15) is 0 Å². The lowest BCUT2D eigenvalue weighted by Crippen LogP contribution is -1.88. The Morgan fingerprint density at radius 3 is 2.75 bits per heavy atom. The highest BCUT2D eigenvalue weighted by Crippen LogP contribution is 2.27. The van der Waals surface area contributed by atoms with Crippen molar-refractivity contribution in [1.82, 2.24) is 15.1 Å². The van der Waals surface area contributed by atoms with Gasteiger partial charge >= 0.3 is 0 Å². The molecule has 0 spiro atoms. The second-order valence-electron chi connectivity index (χ2n) is 4.02. The predicted octanol–water partition coefficient (Wildman–Crippen LogP) is 3.80. The maximum Gasteiger partial charge on any atom is 0.258 e. The van der Waals surface area contributed by atoms with Crippen LogP contribution >= 0.6 is 27.5 Å². The van der Waals surface area contributed by atoms with Gasteiger partial charge in [0.25, 0.3) is 5.89 Å². The van der Waals surface area contributed by atoms with E-state index in [1.807, 2.05) is 12.1 Å². The van der Waals surface area contributed by atoms with Crippen LogP contribution in [0.4, 0.5) is 5.69 Å². The van der Waals surface area contributed by atoms with Gasteiger partial charge in [0.1, 0.15) is 5.69 Å². The number of nitrogens with two attached hydrogens (primary N) is 1. The van der Waals surface area contributed by atoms with Crippen LogP contribution in [0.25, 0.3) is 23.0 Å². The molecule has 7 heteroatoms. The number of nitrogens with zero attached hydrogens (tertiary/aromatic N) is 3. The van der Waals surface area contributed by atoms with Crippen LogP contribution < -0.4 is 5.73 Å². The highest BCUT2D eigenvalue weighted by atomic mass is 79.9. The minimum absolute atomic E-state index is 0.385. The standard InChI is InChI=1S/C13H8BrClN4O/c14-9-3-1-7(5-10(9)16)13-18-12(19-20-13)11-4-2-8(15)6-17-11/h1-6H,16H2. The molecule has 0 radical (unpaired) electrons. The van der Waals surface area contributed by atoms with Crippen molar-refractivity contribution in [3.8, 4) is 23.0 Å². The smallest absolute Gasteiger partial charge is 0.258 e. The summed E-state index contributed by atoms with van der Waals surface area (Å²) in [5.74, 6) is 0.786. The van der Waals surface area contributed by atoms with E-state index in [0.29, 0.717) is 28.1 Å². The normalized spacial score (nSPS) is 10.7. The van der Waals surface area contributed by atoms with Gasteiger partial charge in [-0.05, 0) is 46.3 Å². The van der Waals surface area contributed by atoms with E-state index in [1.54, 1.807) is 18.2 Å². The number of halogens is 2. The van der Waals surface area contributed by atoms with Crippen molar-refractivity contribution < 1.29 is 4.52 Å². The molecule has 0 fully saturated rings. The first-order valence-electron chi connectivity index (χ1n) is 5.64. The summed E-state index contributed by atoms with van der Waals surface area (Å²) in [4.78, 5) is 8.44. The highest BCUT2D eigenvalue weighted by Gasteiger charge is 2.12. The predicted molar refractivity (Wildman–Crippen MR) is 80.1 cm³/mol. The van der Waals surface area contributed by atoms with Crippen molar-refractivity contribution in [1.29, 1.82) is 0 Å². The third-order valence-corrected chi connectivity index (χ3v) is 3.57. The molecular weight excluding hydrogens is 344 g/mol. The van der Waals surface area contributed by atoms with Gasteiger partial charge in [0, 0.05) is 21.9 Å². The average Bonchev–Trinajstić information content (AvgIpc) is 2.92. The van der Waals surface area contributed by atoms with Gasteiger partial charge in [0.15, 0.2) is 0 Å². The Kier molecular flexibility index (Phi) is 3.42. The lowest BCUT2D eigenvalue weighted by Gasteiger charge is -1.99. The number of rotatable bonds is 2. The van der Waals surface area contributed by atoms with Crippen LogP contribution in [-0.4, -0.2) is 15.1 Å². The summed E-state index contributed by atoms with van der Waals surface area (Å²) in [6.45, 7) is 0. The van der Waals surface area contributed by atoms with Crippen molar-refractivity contribution in [3.63, 3.8) is 0 Å². The molecule has 0 bridgehead atoms. The summed E-state index contributed by atoms with van der Waals surface area (Å²) < 4.78 is 6.05. The van der Waals surface area contributed by atoms with Crippen LogP contribution in [0.5, 0.6) is 0 Å². The Hall–Kier alpha value is -1.92. The Balaban J connectivity index is 1.97. The van der Waals surface area contributed by atoms with E-state index >= 15 is 0 Å². The summed E-state index contributed by atoms with van der Waals surface area (Å²) in [5, 5.41) is 4.45. The fraction of sp³-hybridized carbons (Fsp3) is 0. The molecule has 0 unspecified atom stereocenters. The molecule has 0 saturated carbocycles. The van der Waals surface area contributed by atoms with Crippen molar-refractivity contribution in [3.05, 3.63) is 46.0 Å². The highest BCUT2D eigenvalue weighted by molar-refractivity contribution is 9.10. The van der Waals surface area contributed by atoms with Crippen LogP contribution in [0.15, 0.2) is 45.5 Å². The molecule has 2 aromatic heterocycles. The minimum atomic E-state index is 0.385. The monoisotopic (exact) mass is 350 g/mol. The van der Waals surface area contributed by atoms with Gasteiger partial charge in [0.2, 0.25) is 5.82 Å². The maximum absolute atomic E-state index is 5.83. The number of benzene rings is 1. The van der Waals surface area contributed by atoms with Crippen LogP contribution in [0, 0.1) is 0 Å². The van der Waals surface area contributed by atoms with Crippen LogP contribution in [0.1, 0.15) is 0 Å². The largest absolute Gasteiger partial charge is 0.398 e. The fourth-order valence-corrected chi connectivity index (χ4v) is 1.99. The topological polar surface area (TPSA) is 77.8 Å². The summed E-state index contributed by atoms with van der Waals surface area (Å²) in [5.41, 5.74) is 7.77. The first-order valence-corrected chi connectivity index (χ1v) is 6.81.